The Morgan fingerprint density at radius 3 is 2.33 bits per heavy atom. The van der Waals surface area contributed by atoms with Crippen molar-refractivity contribution in [2.24, 2.45) is 0 Å². The predicted molar refractivity (Wildman–Crippen MR) is 111 cm³/mol. The van der Waals surface area contributed by atoms with Gasteiger partial charge in [0.25, 0.3) is 0 Å². The van der Waals surface area contributed by atoms with Crippen LogP contribution in [0.3, 0.4) is 0 Å². The molecule has 2 aromatic rings. The fraction of sp³-hybridized carbons (Fsp3) is 0.348. The summed E-state index contributed by atoms with van der Waals surface area (Å²) >= 11 is 0. The first-order valence-electron chi connectivity index (χ1n) is 9.54. The van der Waals surface area contributed by atoms with Gasteiger partial charge in [0.1, 0.15) is 40.8 Å². The minimum atomic E-state index is -0.680. The van der Waals surface area contributed by atoms with Gasteiger partial charge >= 0.3 is 0 Å². The maximum atomic E-state index is 13.4. The van der Waals surface area contributed by atoms with Crippen molar-refractivity contribution in [3.63, 3.8) is 0 Å². The molecular weight excluding hydrogens is 388 g/mol. The minimum Gasteiger partial charge on any atom is -0.506 e. The number of carbonyl (C=O) groups excluding carboxylic acids is 1. The average molecular weight is 412 g/mol. The van der Waals surface area contributed by atoms with Crippen LogP contribution in [0, 0.1) is 0 Å². The normalized spacial score (nSPS) is 18.6. The molecule has 1 N–H and O–H groups in total. The smallest absolute Gasteiger partial charge is 0.181 e. The van der Waals surface area contributed by atoms with E-state index in [2.05, 4.69) is 0 Å². The van der Waals surface area contributed by atoms with E-state index in [9.17, 15) is 9.90 Å². The van der Waals surface area contributed by atoms with Crippen molar-refractivity contribution in [2.75, 3.05) is 27.9 Å². The van der Waals surface area contributed by atoms with Crippen molar-refractivity contribution in [2.45, 2.75) is 25.4 Å². The first-order chi connectivity index (χ1) is 14.3. The lowest BCUT2D eigenvalue weighted by atomic mass is 9.86. The molecule has 0 spiro atoms. The standard InChI is InChI=1S/C23H24O7/c1-23(2)7-6-12-16(30-23)10-19-20(21(12)24)22(25)14(11-29-19)13-8-17(27-4)18(28-5)9-15(13)26-3/h6-10,14,24H,11H2,1-5H3/t14-/m0/s1. The number of rotatable bonds is 4. The van der Waals surface area contributed by atoms with Crippen LogP contribution in [-0.2, 0) is 0 Å². The molecule has 2 heterocycles. The second-order valence-electron chi connectivity index (χ2n) is 7.73. The monoisotopic (exact) mass is 412 g/mol. The third kappa shape index (κ3) is 3.10. The van der Waals surface area contributed by atoms with E-state index in [0.29, 0.717) is 39.9 Å². The highest BCUT2D eigenvalue weighted by molar-refractivity contribution is 6.08. The number of Topliss-reactive ketones (excluding diaryl/α,β-unsaturated/α-hetero) is 1. The Bertz CT molecular complexity index is 1050. The second kappa shape index (κ2) is 7.16. The fourth-order valence-electron chi connectivity index (χ4n) is 3.82. The van der Waals surface area contributed by atoms with Crippen LogP contribution in [0.4, 0.5) is 0 Å². The summed E-state index contributed by atoms with van der Waals surface area (Å²) in [6, 6.07) is 5.04. The summed E-state index contributed by atoms with van der Waals surface area (Å²) in [6.07, 6.45) is 3.60. The van der Waals surface area contributed by atoms with Crippen molar-refractivity contribution in [1.82, 2.24) is 0 Å². The summed E-state index contributed by atoms with van der Waals surface area (Å²) in [5, 5.41) is 10.9. The zero-order valence-electron chi connectivity index (χ0n) is 17.6. The van der Waals surface area contributed by atoms with Crippen LogP contribution in [0.15, 0.2) is 24.3 Å². The van der Waals surface area contributed by atoms with E-state index in [1.807, 2.05) is 19.9 Å². The summed E-state index contributed by atoms with van der Waals surface area (Å²) < 4.78 is 28.0. The molecule has 0 aromatic heterocycles. The molecule has 0 amide bonds. The van der Waals surface area contributed by atoms with Gasteiger partial charge in [0, 0.05) is 17.7 Å². The quantitative estimate of drug-likeness (QED) is 0.814. The summed E-state index contributed by atoms with van der Waals surface area (Å²) in [6.45, 7) is 3.91. The molecule has 158 valence electrons. The van der Waals surface area contributed by atoms with Gasteiger partial charge in [-0.25, -0.2) is 0 Å². The summed E-state index contributed by atoms with van der Waals surface area (Å²) in [7, 11) is 4.57. The first-order valence-corrected chi connectivity index (χ1v) is 9.54. The number of methoxy groups -OCH3 is 3. The maximum Gasteiger partial charge on any atom is 0.181 e. The molecule has 2 aliphatic rings. The van der Waals surface area contributed by atoms with E-state index in [0.717, 1.165) is 0 Å². The minimum absolute atomic E-state index is 0.0924. The van der Waals surface area contributed by atoms with Gasteiger partial charge in [-0.3, -0.25) is 4.79 Å². The molecule has 0 radical (unpaired) electrons. The molecular formula is C23H24O7. The van der Waals surface area contributed by atoms with Crippen molar-refractivity contribution >= 4 is 11.9 Å². The van der Waals surface area contributed by atoms with Gasteiger partial charge in [0.05, 0.1) is 32.8 Å². The molecule has 1 atom stereocenters. The maximum absolute atomic E-state index is 13.4. The molecule has 0 aliphatic carbocycles. The number of fused-ring (bicyclic) bond motifs is 2. The molecule has 0 saturated heterocycles. The van der Waals surface area contributed by atoms with E-state index >= 15 is 0 Å². The van der Waals surface area contributed by atoms with Gasteiger partial charge < -0.3 is 28.8 Å². The molecule has 0 saturated carbocycles. The molecule has 0 bridgehead atoms. The number of ether oxygens (including phenoxy) is 5. The number of carbonyl (C=O) groups is 1. The highest BCUT2D eigenvalue weighted by Crippen LogP contribution is 2.48. The number of ketones is 1. The van der Waals surface area contributed by atoms with E-state index < -0.39 is 11.5 Å². The van der Waals surface area contributed by atoms with Gasteiger partial charge in [0.15, 0.2) is 17.3 Å². The van der Waals surface area contributed by atoms with Crippen molar-refractivity contribution in [1.29, 1.82) is 0 Å². The largest absolute Gasteiger partial charge is 0.506 e. The van der Waals surface area contributed by atoms with Crippen LogP contribution in [0.1, 0.15) is 41.3 Å². The van der Waals surface area contributed by atoms with Crippen LogP contribution in [0.5, 0.6) is 34.5 Å². The number of hydrogen-bond acceptors (Lipinski definition) is 7. The highest BCUT2D eigenvalue weighted by atomic mass is 16.5. The summed E-state index contributed by atoms with van der Waals surface area (Å²) in [5.41, 5.74) is 0.678. The van der Waals surface area contributed by atoms with Gasteiger partial charge in [-0.1, -0.05) is 0 Å². The molecule has 0 fully saturated rings. The van der Waals surface area contributed by atoms with Crippen LogP contribution in [0.2, 0.25) is 0 Å². The molecule has 30 heavy (non-hydrogen) atoms. The molecule has 7 heteroatoms. The molecule has 2 aliphatic heterocycles. The topological polar surface area (TPSA) is 83.5 Å². The molecule has 7 nitrogen and oxygen atoms in total. The van der Waals surface area contributed by atoms with Crippen LogP contribution < -0.4 is 23.7 Å². The van der Waals surface area contributed by atoms with Gasteiger partial charge in [0.2, 0.25) is 0 Å². The zero-order valence-corrected chi connectivity index (χ0v) is 17.6. The van der Waals surface area contributed by atoms with Gasteiger partial charge in [-0.2, -0.15) is 0 Å². The Morgan fingerprint density at radius 2 is 1.67 bits per heavy atom. The van der Waals surface area contributed by atoms with E-state index in [4.69, 9.17) is 23.7 Å². The Labute approximate surface area is 174 Å². The Hall–Kier alpha value is -3.35. The summed E-state index contributed by atoms with van der Waals surface area (Å²) in [4.78, 5) is 13.4. The molecule has 0 unspecified atom stereocenters. The average Bonchev–Trinajstić information content (AvgIpc) is 2.72. The van der Waals surface area contributed by atoms with Crippen molar-refractivity contribution in [3.05, 3.63) is 41.0 Å². The zero-order chi connectivity index (χ0) is 21.6. The van der Waals surface area contributed by atoms with Gasteiger partial charge in [-0.15, -0.1) is 0 Å². The lowest BCUT2D eigenvalue weighted by molar-refractivity contribution is 0.0888. The van der Waals surface area contributed by atoms with Crippen molar-refractivity contribution in [3.8, 4) is 34.5 Å². The number of hydrogen-bond donors (Lipinski definition) is 1. The van der Waals surface area contributed by atoms with Crippen LogP contribution >= 0.6 is 0 Å². The highest BCUT2D eigenvalue weighted by Gasteiger charge is 2.38. The third-order valence-electron chi connectivity index (χ3n) is 5.37. The van der Waals surface area contributed by atoms with Crippen molar-refractivity contribution < 1.29 is 33.6 Å². The van der Waals surface area contributed by atoms with E-state index in [1.54, 1.807) is 24.3 Å². The molecule has 4 rings (SSSR count). The predicted octanol–water partition coefficient (Wildman–Crippen LogP) is 3.96. The molecule has 2 aromatic carbocycles. The SMILES string of the molecule is COc1cc(OC)c([C@@H]2COc3cc4c(c(O)c3C2=O)C=CC(C)(C)O4)cc1OC. The number of phenols is 1. The summed E-state index contributed by atoms with van der Waals surface area (Å²) in [5.74, 6) is 1.13. The van der Waals surface area contributed by atoms with Gasteiger partial charge in [-0.05, 0) is 32.1 Å². The Kier molecular flexibility index (Phi) is 4.76. The Balaban J connectivity index is 1.80. The number of benzene rings is 2. The van der Waals surface area contributed by atoms with E-state index in [-0.39, 0.29) is 23.7 Å². The lowest BCUT2D eigenvalue weighted by Gasteiger charge is -2.31. The third-order valence-corrected chi connectivity index (χ3v) is 5.37. The Morgan fingerprint density at radius 1 is 1.00 bits per heavy atom. The van der Waals surface area contributed by atoms with Crippen LogP contribution in [0.25, 0.3) is 6.08 Å². The van der Waals surface area contributed by atoms with E-state index in [1.165, 1.54) is 21.3 Å². The lowest BCUT2D eigenvalue weighted by Crippen LogP contribution is -2.29. The fourth-order valence-corrected chi connectivity index (χ4v) is 3.82. The first kappa shape index (κ1) is 19.9. The number of aromatic hydroxyl groups is 1. The van der Waals surface area contributed by atoms with Crippen LogP contribution in [-0.4, -0.2) is 44.4 Å². The number of phenolic OH excluding ortho intramolecular Hbond substituents is 1. The second-order valence-corrected chi connectivity index (χ2v) is 7.73.